The van der Waals surface area contributed by atoms with Crippen molar-refractivity contribution in [1.82, 2.24) is 14.9 Å². The summed E-state index contributed by atoms with van der Waals surface area (Å²) in [6, 6.07) is 0. The summed E-state index contributed by atoms with van der Waals surface area (Å²) in [4.78, 5) is 11.3. The zero-order chi connectivity index (χ0) is 9.97. The Kier molecular flexibility index (Phi) is 2.74. The Bertz CT molecular complexity index is 310. The van der Waals surface area contributed by atoms with Crippen LogP contribution in [-0.4, -0.2) is 33.2 Å². The van der Waals surface area contributed by atoms with Crippen molar-refractivity contribution in [2.24, 2.45) is 5.92 Å². The van der Waals surface area contributed by atoms with Crippen molar-refractivity contribution in [2.45, 2.75) is 18.9 Å². The molecule has 1 saturated carbocycles. The van der Waals surface area contributed by atoms with Gasteiger partial charge in [-0.25, -0.2) is 0 Å². The van der Waals surface area contributed by atoms with Gasteiger partial charge in [-0.05, 0) is 30.3 Å². The first-order valence-electron chi connectivity index (χ1n) is 4.50. The first-order chi connectivity index (χ1) is 6.77. The van der Waals surface area contributed by atoms with Crippen LogP contribution in [0.15, 0.2) is 5.38 Å². The molecule has 1 fully saturated rings. The molecule has 2 rings (SSSR count). The van der Waals surface area contributed by atoms with Crippen LogP contribution in [-0.2, 0) is 0 Å². The number of aliphatic hydroxyl groups excluding tert-OH is 1. The lowest BCUT2D eigenvalue weighted by Gasteiger charge is -2.08. The molecule has 0 aliphatic heterocycles. The van der Waals surface area contributed by atoms with Gasteiger partial charge in [-0.2, -0.15) is 0 Å². The number of carbonyl (C=O) groups excluding carboxylic acids is 1. The number of aromatic nitrogens is 2. The van der Waals surface area contributed by atoms with E-state index in [1.54, 1.807) is 5.38 Å². The van der Waals surface area contributed by atoms with Gasteiger partial charge in [0, 0.05) is 11.9 Å². The van der Waals surface area contributed by atoms with Gasteiger partial charge in [0.05, 0.1) is 6.10 Å². The quantitative estimate of drug-likeness (QED) is 0.740. The van der Waals surface area contributed by atoms with Crippen molar-refractivity contribution >= 4 is 17.4 Å². The summed E-state index contributed by atoms with van der Waals surface area (Å²) in [5.74, 6) is 0.113. The summed E-state index contributed by atoms with van der Waals surface area (Å²) < 4.78 is 3.59. The predicted molar refractivity (Wildman–Crippen MR) is 51.0 cm³/mol. The molecule has 6 heteroatoms. The molecule has 1 heterocycles. The monoisotopic (exact) mass is 213 g/mol. The zero-order valence-corrected chi connectivity index (χ0v) is 8.33. The molecule has 1 amide bonds. The summed E-state index contributed by atoms with van der Waals surface area (Å²) >= 11 is 1.14. The van der Waals surface area contributed by atoms with Crippen molar-refractivity contribution < 1.29 is 9.90 Å². The normalized spacial score (nSPS) is 17.8. The van der Waals surface area contributed by atoms with Gasteiger partial charge in [0.15, 0.2) is 5.69 Å². The summed E-state index contributed by atoms with van der Waals surface area (Å²) in [7, 11) is 0. The van der Waals surface area contributed by atoms with Crippen LogP contribution in [0.1, 0.15) is 23.3 Å². The van der Waals surface area contributed by atoms with Gasteiger partial charge < -0.3 is 10.4 Å². The lowest BCUT2D eigenvalue weighted by atomic mass is 10.2. The van der Waals surface area contributed by atoms with E-state index in [0.29, 0.717) is 18.2 Å². The fourth-order valence-electron chi connectivity index (χ4n) is 1.20. The topological polar surface area (TPSA) is 75.1 Å². The number of nitrogens with zero attached hydrogens (tertiary/aromatic N) is 2. The van der Waals surface area contributed by atoms with Gasteiger partial charge in [0.25, 0.3) is 5.91 Å². The van der Waals surface area contributed by atoms with Crippen LogP contribution in [0.5, 0.6) is 0 Å². The van der Waals surface area contributed by atoms with E-state index < -0.39 is 6.10 Å². The van der Waals surface area contributed by atoms with E-state index >= 15 is 0 Å². The van der Waals surface area contributed by atoms with Crippen molar-refractivity contribution in [3.63, 3.8) is 0 Å². The maximum atomic E-state index is 11.3. The first kappa shape index (κ1) is 9.54. The van der Waals surface area contributed by atoms with Crippen molar-refractivity contribution in [3.05, 3.63) is 11.1 Å². The average molecular weight is 213 g/mol. The molecule has 0 radical (unpaired) electrons. The van der Waals surface area contributed by atoms with E-state index in [0.717, 1.165) is 24.4 Å². The number of nitrogens with one attached hydrogen (secondary N) is 1. The molecule has 0 saturated heterocycles. The number of hydrogen-bond donors (Lipinski definition) is 2. The van der Waals surface area contributed by atoms with Gasteiger partial charge in [0.2, 0.25) is 0 Å². The van der Waals surface area contributed by atoms with E-state index in [1.165, 1.54) is 0 Å². The van der Waals surface area contributed by atoms with Crippen molar-refractivity contribution in [2.75, 3.05) is 6.54 Å². The number of aliphatic hydroxyl groups is 1. The highest BCUT2D eigenvalue weighted by molar-refractivity contribution is 7.03. The lowest BCUT2D eigenvalue weighted by molar-refractivity contribution is 0.0896. The molecule has 0 bridgehead atoms. The van der Waals surface area contributed by atoms with E-state index in [1.807, 2.05) is 0 Å². The smallest absolute Gasteiger partial charge is 0.272 e. The van der Waals surface area contributed by atoms with Crippen molar-refractivity contribution in [1.29, 1.82) is 0 Å². The summed E-state index contributed by atoms with van der Waals surface area (Å²) in [6.45, 7) is 0.307. The first-order valence-corrected chi connectivity index (χ1v) is 5.34. The minimum Gasteiger partial charge on any atom is -0.391 e. The highest BCUT2D eigenvalue weighted by Gasteiger charge is 2.29. The third kappa shape index (κ3) is 2.27. The Morgan fingerprint density at radius 1 is 1.79 bits per heavy atom. The molecule has 0 spiro atoms. The third-order valence-corrected chi connectivity index (χ3v) is 2.74. The highest BCUT2D eigenvalue weighted by Crippen LogP contribution is 2.32. The minimum absolute atomic E-state index is 0.265. The minimum atomic E-state index is -0.412. The fourth-order valence-corrected chi connectivity index (χ4v) is 1.64. The second-order valence-electron chi connectivity index (χ2n) is 3.40. The summed E-state index contributed by atoms with van der Waals surface area (Å²) in [6.07, 6.45) is 1.72. The van der Waals surface area contributed by atoms with Crippen LogP contribution >= 0.6 is 11.5 Å². The lowest BCUT2D eigenvalue weighted by Crippen LogP contribution is -2.33. The second kappa shape index (κ2) is 4.02. The van der Waals surface area contributed by atoms with Crippen LogP contribution in [0, 0.1) is 5.92 Å². The van der Waals surface area contributed by atoms with Crippen LogP contribution in [0.25, 0.3) is 0 Å². The Morgan fingerprint density at radius 3 is 3.14 bits per heavy atom. The van der Waals surface area contributed by atoms with E-state index in [9.17, 15) is 9.90 Å². The molecule has 2 N–H and O–H groups in total. The van der Waals surface area contributed by atoms with Gasteiger partial charge >= 0.3 is 0 Å². The largest absolute Gasteiger partial charge is 0.391 e. The van der Waals surface area contributed by atoms with Crippen LogP contribution in [0.3, 0.4) is 0 Å². The van der Waals surface area contributed by atoms with Gasteiger partial charge in [-0.3, -0.25) is 4.79 Å². The number of amides is 1. The highest BCUT2D eigenvalue weighted by atomic mass is 32.1. The van der Waals surface area contributed by atoms with E-state index in [4.69, 9.17) is 0 Å². The van der Waals surface area contributed by atoms with Gasteiger partial charge in [-0.1, -0.05) is 4.49 Å². The Hall–Kier alpha value is -1.01. The third-order valence-electron chi connectivity index (χ3n) is 2.23. The second-order valence-corrected chi connectivity index (χ2v) is 4.01. The van der Waals surface area contributed by atoms with E-state index in [2.05, 4.69) is 14.9 Å². The molecule has 1 aromatic rings. The Morgan fingerprint density at radius 2 is 2.57 bits per heavy atom. The molecule has 0 aromatic carbocycles. The summed E-state index contributed by atoms with van der Waals surface area (Å²) in [5, 5.41) is 17.3. The molecular weight excluding hydrogens is 202 g/mol. The zero-order valence-electron chi connectivity index (χ0n) is 7.51. The molecule has 1 atom stereocenters. The summed E-state index contributed by atoms with van der Waals surface area (Å²) in [5.41, 5.74) is 0.318. The SMILES string of the molecule is O=C(NCC(O)C1CC1)c1csnn1. The standard InChI is InChI=1S/C8H11N3O2S/c12-7(5-1-2-5)3-9-8(13)6-4-14-11-10-6/h4-5,7,12H,1-3H2,(H,9,13). The molecule has 76 valence electrons. The fraction of sp³-hybridized carbons (Fsp3) is 0.625. The van der Waals surface area contributed by atoms with Crippen molar-refractivity contribution in [3.8, 4) is 0 Å². The number of rotatable bonds is 4. The average Bonchev–Trinajstić information content (AvgIpc) is 2.90. The Balaban J connectivity index is 1.77. The molecule has 1 aromatic heterocycles. The predicted octanol–water partition coefficient (Wildman–Crippen LogP) is 0.0388. The molecule has 1 aliphatic rings. The van der Waals surface area contributed by atoms with Crippen LogP contribution < -0.4 is 5.32 Å². The molecule has 5 nitrogen and oxygen atoms in total. The Labute approximate surface area is 85.3 Å². The molecule has 1 unspecified atom stereocenters. The molecular formula is C8H11N3O2S. The molecule has 14 heavy (non-hydrogen) atoms. The van der Waals surface area contributed by atoms with Gasteiger partial charge in [-0.15, -0.1) is 5.10 Å². The van der Waals surface area contributed by atoms with Crippen LogP contribution in [0.2, 0.25) is 0 Å². The number of hydrogen-bond acceptors (Lipinski definition) is 5. The number of carbonyl (C=O) groups is 1. The maximum Gasteiger partial charge on any atom is 0.272 e. The maximum absolute atomic E-state index is 11.3. The van der Waals surface area contributed by atoms with Crippen LogP contribution in [0.4, 0.5) is 0 Å². The van der Waals surface area contributed by atoms with Gasteiger partial charge in [0.1, 0.15) is 0 Å². The molecule has 1 aliphatic carbocycles. The van der Waals surface area contributed by atoms with E-state index in [-0.39, 0.29) is 5.91 Å².